The van der Waals surface area contributed by atoms with E-state index in [0.29, 0.717) is 5.41 Å². The normalized spacial score (nSPS) is 43.4. The Bertz CT molecular complexity index is 141. The monoisotopic (exact) mass is 153 g/mol. The molecule has 2 atom stereocenters. The summed E-state index contributed by atoms with van der Waals surface area (Å²) < 4.78 is 0. The molecule has 1 nitrogen and oxygen atoms in total. The van der Waals surface area contributed by atoms with Gasteiger partial charge in [0.1, 0.15) is 0 Å². The van der Waals surface area contributed by atoms with Crippen LogP contribution in [0.4, 0.5) is 0 Å². The minimum Gasteiger partial charge on any atom is -0.313 e. The fraction of sp³-hybridized carbons (Fsp3) is 1.00. The Morgan fingerprint density at radius 2 is 2.18 bits per heavy atom. The van der Waals surface area contributed by atoms with Crippen molar-refractivity contribution in [3.8, 4) is 0 Å². The van der Waals surface area contributed by atoms with Gasteiger partial charge in [-0.05, 0) is 37.1 Å². The van der Waals surface area contributed by atoms with Gasteiger partial charge < -0.3 is 5.32 Å². The molecule has 1 saturated heterocycles. The van der Waals surface area contributed by atoms with Crippen molar-refractivity contribution in [1.29, 1.82) is 0 Å². The zero-order chi connectivity index (χ0) is 7.90. The Morgan fingerprint density at radius 3 is 2.82 bits per heavy atom. The molecule has 0 bridgehead atoms. The van der Waals surface area contributed by atoms with Crippen LogP contribution >= 0.6 is 0 Å². The largest absolute Gasteiger partial charge is 0.313 e. The van der Waals surface area contributed by atoms with E-state index in [2.05, 4.69) is 19.2 Å². The molecule has 0 aromatic carbocycles. The summed E-state index contributed by atoms with van der Waals surface area (Å²) in [5.74, 6) is 0.880. The van der Waals surface area contributed by atoms with E-state index < -0.39 is 0 Å². The minimum atomic E-state index is 0.694. The van der Waals surface area contributed by atoms with E-state index in [1.807, 2.05) is 0 Å². The number of nitrogens with one attached hydrogen (secondary N) is 1. The fourth-order valence-electron chi connectivity index (χ4n) is 3.16. The SMILES string of the molecule is CC(C)C12CCCC1NCC2. The molecule has 0 aromatic rings. The van der Waals surface area contributed by atoms with Crippen LogP contribution in [0.5, 0.6) is 0 Å². The Labute approximate surface area is 69.6 Å². The molecule has 2 rings (SSSR count). The summed E-state index contributed by atoms with van der Waals surface area (Å²) in [5, 5.41) is 3.64. The Balaban J connectivity index is 2.20. The average Bonchev–Trinajstić information content (AvgIpc) is 2.40. The first-order valence-electron chi connectivity index (χ1n) is 4.99. The van der Waals surface area contributed by atoms with Crippen LogP contribution in [0.25, 0.3) is 0 Å². The second kappa shape index (κ2) is 2.48. The van der Waals surface area contributed by atoms with Gasteiger partial charge in [0.2, 0.25) is 0 Å². The third-order valence-corrected chi connectivity index (χ3v) is 3.96. The van der Waals surface area contributed by atoms with Gasteiger partial charge in [0.15, 0.2) is 0 Å². The highest BCUT2D eigenvalue weighted by atomic mass is 15.0. The Morgan fingerprint density at radius 1 is 1.36 bits per heavy atom. The van der Waals surface area contributed by atoms with Crippen molar-refractivity contribution in [2.24, 2.45) is 11.3 Å². The van der Waals surface area contributed by atoms with E-state index in [1.165, 1.54) is 32.2 Å². The number of rotatable bonds is 1. The molecule has 2 unspecified atom stereocenters. The molecule has 2 fully saturated rings. The molecule has 0 amide bonds. The molecule has 1 aliphatic heterocycles. The Kier molecular flexibility index (Phi) is 1.71. The summed E-state index contributed by atoms with van der Waals surface area (Å²) in [6.45, 7) is 6.06. The highest BCUT2D eigenvalue weighted by Gasteiger charge is 2.47. The van der Waals surface area contributed by atoms with E-state index in [4.69, 9.17) is 0 Å². The summed E-state index contributed by atoms with van der Waals surface area (Å²) >= 11 is 0. The van der Waals surface area contributed by atoms with Crippen LogP contribution in [0.2, 0.25) is 0 Å². The van der Waals surface area contributed by atoms with Gasteiger partial charge in [-0.2, -0.15) is 0 Å². The zero-order valence-electron chi connectivity index (χ0n) is 7.69. The first-order valence-corrected chi connectivity index (χ1v) is 4.99. The number of hydrogen-bond acceptors (Lipinski definition) is 1. The predicted octanol–water partition coefficient (Wildman–Crippen LogP) is 2.17. The van der Waals surface area contributed by atoms with Crippen LogP contribution in [-0.2, 0) is 0 Å². The maximum atomic E-state index is 3.64. The van der Waals surface area contributed by atoms with Crippen LogP contribution in [0.1, 0.15) is 39.5 Å². The topological polar surface area (TPSA) is 12.0 Å². The summed E-state index contributed by atoms with van der Waals surface area (Å²) in [7, 11) is 0. The van der Waals surface area contributed by atoms with Crippen molar-refractivity contribution in [3.05, 3.63) is 0 Å². The standard InChI is InChI=1S/C10H19N/c1-8(2)10-5-3-4-9(10)11-7-6-10/h8-9,11H,3-7H2,1-2H3. The van der Waals surface area contributed by atoms with Crippen molar-refractivity contribution in [3.63, 3.8) is 0 Å². The lowest BCUT2D eigenvalue weighted by Gasteiger charge is -2.33. The maximum Gasteiger partial charge on any atom is 0.0126 e. The molecule has 2 aliphatic rings. The zero-order valence-corrected chi connectivity index (χ0v) is 7.69. The summed E-state index contributed by atoms with van der Waals surface area (Å²) in [5.41, 5.74) is 0.694. The van der Waals surface area contributed by atoms with Crippen LogP contribution in [0, 0.1) is 11.3 Å². The molecule has 0 radical (unpaired) electrons. The lowest BCUT2D eigenvalue weighted by atomic mass is 9.73. The first-order chi connectivity index (χ1) is 5.26. The van der Waals surface area contributed by atoms with Gasteiger partial charge in [-0.15, -0.1) is 0 Å². The molecule has 11 heavy (non-hydrogen) atoms. The fourth-order valence-corrected chi connectivity index (χ4v) is 3.16. The van der Waals surface area contributed by atoms with Crippen LogP contribution in [0.15, 0.2) is 0 Å². The van der Waals surface area contributed by atoms with Crippen molar-refractivity contribution in [1.82, 2.24) is 5.32 Å². The predicted molar refractivity (Wildman–Crippen MR) is 47.5 cm³/mol. The number of hydrogen-bond donors (Lipinski definition) is 1. The molecular weight excluding hydrogens is 134 g/mol. The van der Waals surface area contributed by atoms with Crippen molar-refractivity contribution < 1.29 is 0 Å². The second-order valence-electron chi connectivity index (χ2n) is 4.54. The molecule has 1 heterocycles. The third-order valence-electron chi connectivity index (χ3n) is 3.96. The second-order valence-corrected chi connectivity index (χ2v) is 4.54. The van der Waals surface area contributed by atoms with E-state index in [-0.39, 0.29) is 0 Å². The maximum absolute atomic E-state index is 3.64. The van der Waals surface area contributed by atoms with Gasteiger partial charge >= 0.3 is 0 Å². The van der Waals surface area contributed by atoms with Crippen molar-refractivity contribution in [2.45, 2.75) is 45.6 Å². The molecule has 1 heteroatoms. The average molecular weight is 153 g/mol. The van der Waals surface area contributed by atoms with Crippen LogP contribution < -0.4 is 5.32 Å². The molecular formula is C10H19N. The molecule has 0 aromatic heterocycles. The molecule has 64 valence electrons. The van der Waals surface area contributed by atoms with E-state index >= 15 is 0 Å². The van der Waals surface area contributed by atoms with E-state index in [0.717, 1.165) is 12.0 Å². The third kappa shape index (κ3) is 0.936. The summed E-state index contributed by atoms with van der Waals surface area (Å²) in [6.07, 6.45) is 5.78. The van der Waals surface area contributed by atoms with Crippen LogP contribution in [0.3, 0.4) is 0 Å². The van der Waals surface area contributed by atoms with Gasteiger partial charge in [0, 0.05) is 6.04 Å². The lowest BCUT2D eigenvalue weighted by Crippen LogP contribution is -2.35. The molecule has 0 spiro atoms. The van der Waals surface area contributed by atoms with Crippen molar-refractivity contribution in [2.75, 3.05) is 6.54 Å². The molecule has 1 aliphatic carbocycles. The highest BCUT2D eigenvalue weighted by Crippen LogP contribution is 2.49. The van der Waals surface area contributed by atoms with Gasteiger partial charge in [-0.3, -0.25) is 0 Å². The van der Waals surface area contributed by atoms with Crippen LogP contribution in [-0.4, -0.2) is 12.6 Å². The molecule has 1 saturated carbocycles. The number of fused-ring (bicyclic) bond motifs is 1. The van der Waals surface area contributed by atoms with Gasteiger partial charge in [-0.25, -0.2) is 0 Å². The van der Waals surface area contributed by atoms with Gasteiger partial charge in [-0.1, -0.05) is 20.3 Å². The van der Waals surface area contributed by atoms with Crippen molar-refractivity contribution >= 4 is 0 Å². The Hall–Kier alpha value is -0.0400. The smallest absolute Gasteiger partial charge is 0.0126 e. The highest BCUT2D eigenvalue weighted by molar-refractivity contribution is 5.02. The summed E-state index contributed by atoms with van der Waals surface area (Å²) in [4.78, 5) is 0. The lowest BCUT2D eigenvalue weighted by molar-refractivity contribution is 0.190. The summed E-state index contributed by atoms with van der Waals surface area (Å²) in [6, 6.07) is 0.863. The molecule has 1 N–H and O–H groups in total. The van der Waals surface area contributed by atoms with E-state index in [9.17, 15) is 0 Å². The van der Waals surface area contributed by atoms with Gasteiger partial charge in [0.25, 0.3) is 0 Å². The first kappa shape index (κ1) is 7.60. The van der Waals surface area contributed by atoms with Gasteiger partial charge in [0.05, 0.1) is 0 Å². The minimum absolute atomic E-state index is 0.694. The quantitative estimate of drug-likeness (QED) is 0.609. The van der Waals surface area contributed by atoms with E-state index in [1.54, 1.807) is 0 Å².